The molecule has 0 aliphatic heterocycles. The molecular formula is C21H16Cl2N4O3. The molecule has 0 aliphatic carbocycles. The third-order valence-electron chi connectivity index (χ3n) is 3.69. The highest BCUT2D eigenvalue weighted by atomic mass is 35.5. The Kier molecular flexibility index (Phi) is 7.37. The fraction of sp³-hybridized carbons (Fsp3) is 0.0476. The normalized spacial score (nSPS) is 11.1. The number of carbonyl (C=O) groups is 1. The number of carbonyl (C=O) groups excluding carboxylic acids is 1. The number of phenolic OH excluding ortho intramolecular Hbond substituents is 1. The molecule has 0 fully saturated rings. The van der Waals surface area contributed by atoms with Crippen molar-refractivity contribution < 1.29 is 14.6 Å². The second-order valence-electron chi connectivity index (χ2n) is 5.94. The van der Waals surface area contributed by atoms with Crippen molar-refractivity contribution in [3.63, 3.8) is 0 Å². The van der Waals surface area contributed by atoms with E-state index in [9.17, 15) is 9.90 Å². The number of azo groups is 1. The number of aromatic hydroxyl groups is 1. The van der Waals surface area contributed by atoms with Crippen molar-refractivity contribution in [2.75, 3.05) is 6.61 Å². The van der Waals surface area contributed by atoms with Crippen molar-refractivity contribution in [3.05, 3.63) is 82.3 Å². The lowest BCUT2D eigenvalue weighted by Crippen LogP contribution is -2.24. The van der Waals surface area contributed by atoms with Crippen LogP contribution in [-0.4, -0.2) is 23.8 Å². The molecule has 152 valence electrons. The first-order chi connectivity index (χ1) is 14.5. The molecule has 9 heteroatoms. The van der Waals surface area contributed by atoms with E-state index in [4.69, 9.17) is 27.9 Å². The number of hydrogen-bond acceptors (Lipinski definition) is 6. The predicted molar refractivity (Wildman–Crippen MR) is 116 cm³/mol. The van der Waals surface area contributed by atoms with Crippen molar-refractivity contribution in [2.45, 2.75) is 0 Å². The van der Waals surface area contributed by atoms with Gasteiger partial charge in [-0.2, -0.15) is 15.3 Å². The van der Waals surface area contributed by atoms with Gasteiger partial charge in [-0.05, 0) is 42.5 Å². The van der Waals surface area contributed by atoms with Crippen molar-refractivity contribution >= 4 is 46.7 Å². The standard InChI is InChI=1S/C21H16Cl2N4O3/c22-15-6-8-18(23)20(11-15)30-13-21(29)27-24-12-14-10-17(7-9-19(14)28)26-25-16-4-2-1-3-5-16/h1-12,28H,13H2,(H,27,29). The lowest BCUT2D eigenvalue weighted by Gasteiger charge is -2.07. The largest absolute Gasteiger partial charge is 0.507 e. The van der Waals surface area contributed by atoms with Gasteiger partial charge in [0.05, 0.1) is 22.6 Å². The van der Waals surface area contributed by atoms with E-state index in [2.05, 4.69) is 20.8 Å². The molecule has 3 aromatic rings. The Morgan fingerprint density at radius 1 is 1.00 bits per heavy atom. The summed E-state index contributed by atoms with van der Waals surface area (Å²) in [6.07, 6.45) is 1.29. The van der Waals surface area contributed by atoms with Crippen LogP contribution in [0.15, 0.2) is 82.1 Å². The Bertz CT molecular complexity index is 1090. The Hall–Kier alpha value is -3.42. The van der Waals surface area contributed by atoms with Crippen LogP contribution in [0, 0.1) is 0 Å². The lowest BCUT2D eigenvalue weighted by atomic mass is 10.2. The summed E-state index contributed by atoms with van der Waals surface area (Å²) in [5.74, 6) is -0.243. The molecule has 0 atom stereocenters. The third-order valence-corrected chi connectivity index (χ3v) is 4.24. The van der Waals surface area contributed by atoms with E-state index >= 15 is 0 Å². The number of halogens is 2. The Labute approximate surface area is 182 Å². The van der Waals surface area contributed by atoms with Crippen molar-refractivity contribution in [2.24, 2.45) is 15.3 Å². The third kappa shape index (κ3) is 6.30. The number of hydrogen-bond donors (Lipinski definition) is 2. The summed E-state index contributed by atoms with van der Waals surface area (Å²) >= 11 is 11.8. The smallest absolute Gasteiger partial charge is 0.277 e. The lowest BCUT2D eigenvalue weighted by molar-refractivity contribution is -0.123. The van der Waals surface area contributed by atoms with Gasteiger partial charge in [-0.25, -0.2) is 5.43 Å². The highest BCUT2D eigenvalue weighted by molar-refractivity contribution is 6.34. The quantitative estimate of drug-likeness (QED) is 0.281. The van der Waals surface area contributed by atoms with Crippen LogP contribution in [0.2, 0.25) is 10.0 Å². The molecule has 3 aromatic carbocycles. The molecule has 0 bridgehead atoms. The average molecular weight is 443 g/mol. The summed E-state index contributed by atoms with van der Waals surface area (Å²) < 4.78 is 5.32. The zero-order chi connectivity index (χ0) is 21.3. The minimum absolute atomic E-state index is 0.0198. The highest BCUT2D eigenvalue weighted by Crippen LogP contribution is 2.27. The molecule has 0 heterocycles. The first kappa shape index (κ1) is 21.3. The first-order valence-electron chi connectivity index (χ1n) is 8.71. The Morgan fingerprint density at radius 3 is 2.57 bits per heavy atom. The zero-order valence-electron chi connectivity index (χ0n) is 15.5. The fourth-order valence-corrected chi connectivity index (χ4v) is 2.59. The number of nitrogens with zero attached hydrogens (tertiary/aromatic N) is 3. The zero-order valence-corrected chi connectivity index (χ0v) is 17.0. The summed E-state index contributed by atoms with van der Waals surface area (Å²) in [7, 11) is 0. The maximum atomic E-state index is 11.9. The topological polar surface area (TPSA) is 95.6 Å². The van der Waals surface area contributed by atoms with Crippen molar-refractivity contribution in [1.29, 1.82) is 0 Å². The van der Waals surface area contributed by atoms with Crippen LogP contribution in [-0.2, 0) is 4.79 Å². The minimum Gasteiger partial charge on any atom is -0.507 e. The minimum atomic E-state index is -0.512. The van der Waals surface area contributed by atoms with E-state index in [1.807, 2.05) is 30.3 Å². The molecule has 0 aromatic heterocycles. The molecule has 1 amide bonds. The van der Waals surface area contributed by atoms with Crippen LogP contribution >= 0.6 is 23.2 Å². The maximum Gasteiger partial charge on any atom is 0.277 e. The van der Waals surface area contributed by atoms with Gasteiger partial charge in [-0.1, -0.05) is 41.4 Å². The van der Waals surface area contributed by atoms with E-state index in [0.717, 1.165) is 0 Å². The molecule has 30 heavy (non-hydrogen) atoms. The van der Waals surface area contributed by atoms with Crippen LogP contribution in [0.1, 0.15) is 5.56 Å². The maximum absolute atomic E-state index is 11.9. The van der Waals surface area contributed by atoms with Gasteiger partial charge in [0.25, 0.3) is 5.91 Å². The number of hydrazone groups is 1. The predicted octanol–water partition coefficient (Wildman–Crippen LogP) is 5.64. The summed E-state index contributed by atoms with van der Waals surface area (Å²) in [5.41, 5.74) is 3.88. The van der Waals surface area contributed by atoms with Gasteiger partial charge < -0.3 is 9.84 Å². The van der Waals surface area contributed by atoms with E-state index < -0.39 is 5.91 Å². The molecule has 2 N–H and O–H groups in total. The molecule has 0 saturated carbocycles. The molecule has 0 aliphatic rings. The molecule has 0 unspecified atom stereocenters. The number of rotatable bonds is 7. The number of phenols is 1. The van der Waals surface area contributed by atoms with Gasteiger partial charge in [-0.15, -0.1) is 0 Å². The fourth-order valence-electron chi connectivity index (χ4n) is 2.25. The number of benzene rings is 3. The summed E-state index contributed by atoms with van der Waals surface area (Å²) in [6, 6.07) is 18.6. The van der Waals surface area contributed by atoms with E-state index in [1.54, 1.807) is 24.3 Å². The Balaban J connectivity index is 1.58. The van der Waals surface area contributed by atoms with Gasteiger partial charge in [0.15, 0.2) is 6.61 Å². The van der Waals surface area contributed by atoms with Gasteiger partial charge in [0.2, 0.25) is 0 Å². The van der Waals surface area contributed by atoms with E-state index in [0.29, 0.717) is 27.0 Å². The molecule has 0 radical (unpaired) electrons. The van der Waals surface area contributed by atoms with Gasteiger partial charge in [0, 0.05) is 16.7 Å². The van der Waals surface area contributed by atoms with Gasteiger partial charge in [0.1, 0.15) is 11.5 Å². The second kappa shape index (κ2) is 10.4. The molecule has 7 nitrogen and oxygen atoms in total. The number of amides is 1. The summed E-state index contributed by atoms with van der Waals surface area (Å²) in [4.78, 5) is 11.9. The van der Waals surface area contributed by atoms with Gasteiger partial charge >= 0.3 is 0 Å². The number of nitrogens with one attached hydrogen (secondary N) is 1. The molecule has 0 spiro atoms. The Morgan fingerprint density at radius 2 is 1.77 bits per heavy atom. The second-order valence-corrected chi connectivity index (χ2v) is 6.78. The monoisotopic (exact) mass is 442 g/mol. The molecule has 0 saturated heterocycles. The number of ether oxygens (including phenoxy) is 1. The van der Waals surface area contributed by atoms with Crippen LogP contribution in [0.25, 0.3) is 0 Å². The average Bonchev–Trinajstić information content (AvgIpc) is 2.75. The van der Waals surface area contributed by atoms with Crippen molar-refractivity contribution in [1.82, 2.24) is 5.43 Å². The SMILES string of the molecule is O=C(COc1cc(Cl)ccc1Cl)NN=Cc1cc(N=Nc2ccccc2)ccc1O. The van der Waals surface area contributed by atoms with E-state index in [-0.39, 0.29) is 18.1 Å². The van der Waals surface area contributed by atoms with Crippen molar-refractivity contribution in [3.8, 4) is 11.5 Å². The molecule has 3 rings (SSSR count). The summed E-state index contributed by atoms with van der Waals surface area (Å²) in [6.45, 7) is -0.311. The summed E-state index contributed by atoms with van der Waals surface area (Å²) in [5, 5.41) is 22.8. The van der Waals surface area contributed by atoms with Gasteiger partial charge in [-0.3, -0.25) is 4.79 Å². The first-order valence-corrected chi connectivity index (χ1v) is 9.46. The van der Waals surface area contributed by atoms with Crippen LogP contribution in [0.4, 0.5) is 11.4 Å². The van der Waals surface area contributed by atoms with Crippen LogP contribution < -0.4 is 10.2 Å². The van der Waals surface area contributed by atoms with Crippen LogP contribution in [0.3, 0.4) is 0 Å². The van der Waals surface area contributed by atoms with E-state index in [1.165, 1.54) is 18.3 Å². The van der Waals surface area contributed by atoms with Crippen LogP contribution in [0.5, 0.6) is 11.5 Å². The molecular weight excluding hydrogens is 427 g/mol. The highest BCUT2D eigenvalue weighted by Gasteiger charge is 2.06.